The van der Waals surface area contributed by atoms with Crippen molar-refractivity contribution < 1.29 is 9.59 Å². The number of carbonyl (C=O) groups is 2. The minimum Gasteiger partial charge on any atom is -0.339 e. The second kappa shape index (κ2) is 7.66. The van der Waals surface area contributed by atoms with Crippen LogP contribution in [-0.2, 0) is 9.59 Å². The van der Waals surface area contributed by atoms with Crippen LogP contribution in [0.5, 0.6) is 0 Å². The number of rotatable bonds is 7. The summed E-state index contributed by atoms with van der Waals surface area (Å²) in [5.41, 5.74) is -0.286. The fraction of sp³-hybridized carbons (Fsp3) is 0.875. The summed E-state index contributed by atoms with van der Waals surface area (Å²) < 4.78 is 0. The van der Waals surface area contributed by atoms with Gasteiger partial charge in [-0.1, -0.05) is 40.0 Å². The molecule has 0 unspecified atom stereocenters. The van der Waals surface area contributed by atoms with Crippen LogP contribution in [0.1, 0.15) is 72.1 Å². The van der Waals surface area contributed by atoms with E-state index in [2.05, 4.69) is 4.90 Å². The molecule has 0 N–H and O–H groups in total. The largest absolute Gasteiger partial charge is 0.339 e. The van der Waals surface area contributed by atoms with E-state index in [4.69, 9.17) is 0 Å². The summed E-state index contributed by atoms with van der Waals surface area (Å²) in [6.07, 6.45) is 9.47. The molecule has 1 aliphatic carbocycles. The number of hydrogen-bond acceptors (Lipinski definition) is 2. The average molecular weight is 267 g/mol. The third-order valence-electron chi connectivity index (χ3n) is 3.89. The Morgan fingerprint density at radius 2 is 1.79 bits per heavy atom. The fourth-order valence-corrected chi connectivity index (χ4v) is 2.78. The Morgan fingerprint density at radius 1 is 1.16 bits per heavy atom. The van der Waals surface area contributed by atoms with Crippen LogP contribution >= 0.6 is 0 Å². The summed E-state index contributed by atoms with van der Waals surface area (Å²) in [6, 6.07) is 0.456. The van der Waals surface area contributed by atoms with Crippen molar-refractivity contribution in [3.63, 3.8) is 0 Å². The maximum atomic E-state index is 12.5. The lowest BCUT2D eigenvalue weighted by Crippen LogP contribution is -2.45. The predicted molar refractivity (Wildman–Crippen MR) is 78.0 cm³/mol. The van der Waals surface area contributed by atoms with Gasteiger partial charge in [-0.3, -0.25) is 4.79 Å². The number of unbranched alkanes of at least 4 members (excludes halogenated alkanes) is 3. The minimum atomic E-state index is -0.286. The second-order valence-electron chi connectivity index (χ2n) is 6.70. The molecule has 110 valence electrons. The van der Waals surface area contributed by atoms with Gasteiger partial charge < -0.3 is 9.69 Å². The fourth-order valence-electron chi connectivity index (χ4n) is 2.78. The molecule has 1 amide bonds. The minimum absolute atomic E-state index is 0.286. The van der Waals surface area contributed by atoms with Crippen LogP contribution in [0.3, 0.4) is 0 Å². The molecule has 0 aliphatic heterocycles. The Balaban J connectivity index is 2.49. The molecular formula is C16H29NO2. The van der Waals surface area contributed by atoms with Crippen molar-refractivity contribution in [1.29, 1.82) is 0 Å². The average Bonchev–Trinajstić information content (AvgIpc) is 2.85. The summed E-state index contributed by atoms with van der Waals surface area (Å²) >= 11 is 0. The highest BCUT2D eigenvalue weighted by Crippen LogP contribution is 2.28. The van der Waals surface area contributed by atoms with Gasteiger partial charge in [0, 0.05) is 24.4 Å². The first-order chi connectivity index (χ1) is 8.96. The smallest absolute Gasteiger partial charge is 0.228 e. The first kappa shape index (κ1) is 16.2. The lowest BCUT2D eigenvalue weighted by atomic mass is 9.93. The standard InChI is InChI=1S/C16H29NO2/c1-16(2,3)15(19)17(14-10-6-7-11-14)12-8-4-5-9-13-18/h13-14H,4-12H2,1-3H3. The molecule has 0 aromatic rings. The molecular weight excluding hydrogens is 238 g/mol. The lowest BCUT2D eigenvalue weighted by Gasteiger charge is -2.34. The predicted octanol–water partition coefficient (Wildman–Crippen LogP) is 3.56. The molecule has 3 nitrogen and oxygen atoms in total. The summed E-state index contributed by atoms with van der Waals surface area (Å²) in [6.45, 7) is 6.87. The molecule has 1 aliphatic rings. The van der Waals surface area contributed by atoms with Crippen LogP contribution in [-0.4, -0.2) is 29.7 Å². The van der Waals surface area contributed by atoms with E-state index in [1.165, 1.54) is 12.8 Å². The first-order valence-electron chi connectivity index (χ1n) is 7.71. The molecule has 0 spiro atoms. The van der Waals surface area contributed by atoms with Gasteiger partial charge in [0.05, 0.1) is 0 Å². The van der Waals surface area contributed by atoms with Gasteiger partial charge in [0.2, 0.25) is 5.91 Å². The quantitative estimate of drug-likeness (QED) is 0.522. The van der Waals surface area contributed by atoms with Gasteiger partial charge in [-0.05, 0) is 25.7 Å². The number of hydrogen-bond donors (Lipinski definition) is 0. The SMILES string of the molecule is CC(C)(C)C(=O)N(CCCCCC=O)C1CCCC1. The molecule has 0 heterocycles. The Hall–Kier alpha value is -0.860. The van der Waals surface area contributed by atoms with E-state index in [0.717, 1.165) is 44.9 Å². The van der Waals surface area contributed by atoms with E-state index in [-0.39, 0.29) is 11.3 Å². The van der Waals surface area contributed by atoms with Gasteiger partial charge in [0.1, 0.15) is 6.29 Å². The Bertz CT molecular complexity index is 288. The van der Waals surface area contributed by atoms with E-state index in [1.807, 2.05) is 20.8 Å². The summed E-state index contributed by atoms with van der Waals surface area (Å²) in [7, 11) is 0. The molecule has 0 aromatic carbocycles. The van der Waals surface area contributed by atoms with Crippen LogP contribution < -0.4 is 0 Å². The van der Waals surface area contributed by atoms with Gasteiger partial charge in [-0.15, -0.1) is 0 Å². The van der Waals surface area contributed by atoms with Gasteiger partial charge in [0.15, 0.2) is 0 Å². The lowest BCUT2D eigenvalue weighted by molar-refractivity contribution is -0.142. The first-order valence-corrected chi connectivity index (χ1v) is 7.71. The molecule has 0 aromatic heterocycles. The van der Waals surface area contributed by atoms with Crippen molar-refractivity contribution in [2.45, 2.75) is 78.2 Å². The van der Waals surface area contributed by atoms with E-state index in [9.17, 15) is 9.59 Å². The molecule has 0 saturated heterocycles. The molecule has 3 heteroatoms. The zero-order valence-corrected chi connectivity index (χ0v) is 12.8. The molecule has 1 rings (SSSR count). The highest BCUT2D eigenvalue weighted by molar-refractivity contribution is 5.81. The van der Waals surface area contributed by atoms with Gasteiger partial charge in [-0.25, -0.2) is 0 Å². The topological polar surface area (TPSA) is 37.4 Å². The third kappa shape index (κ3) is 5.33. The number of carbonyl (C=O) groups excluding carboxylic acids is 2. The van der Waals surface area contributed by atoms with Crippen LogP contribution in [0.15, 0.2) is 0 Å². The van der Waals surface area contributed by atoms with Crippen molar-refractivity contribution in [1.82, 2.24) is 4.90 Å². The zero-order chi connectivity index (χ0) is 14.3. The normalized spacial score (nSPS) is 16.6. The molecule has 0 bridgehead atoms. The number of amides is 1. The van der Waals surface area contributed by atoms with E-state index in [0.29, 0.717) is 12.5 Å². The highest BCUT2D eigenvalue weighted by atomic mass is 16.2. The summed E-state index contributed by atoms with van der Waals surface area (Å²) in [4.78, 5) is 24.9. The zero-order valence-electron chi connectivity index (χ0n) is 12.8. The van der Waals surface area contributed by atoms with Crippen molar-refractivity contribution in [3.8, 4) is 0 Å². The maximum Gasteiger partial charge on any atom is 0.228 e. The van der Waals surface area contributed by atoms with Crippen LogP contribution in [0.4, 0.5) is 0 Å². The van der Waals surface area contributed by atoms with Crippen LogP contribution in [0.2, 0.25) is 0 Å². The summed E-state index contributed by atoms with van der Waals surface area (Å²) in [5.74, 6) is 0.287. The van der Waals surface area contributed by atoms with E-state index >= 15 is 0 Å². The van der Waals surface area contributed by atoms with Crippen molar-refractivity contribution in [2.24, 2.45) is 5.41 Å². The summed E-state index contributed by atoms with van der Waals surface area (Å²) in [5, 5.41) is 0. The van der Waals surface area contributed by atoms with Crippen LogP contribution in [0, 0.1) is 5.41 Å². The Morgan fingerprint density at radius 3 is 2.32 bits per heavy atom. The van der Waals surface area contributed by atoms with E-state index in [1.54, 1.807) is 0 Å². The molecule has 1 fully saturated rings. The van der Waals surface area contributed by atoms with Crippen molar-refractivity contribution in [3.05, 3.63) is 0 Å². The van der Waals surface area contributed by atoms with Gasteiger partial charge >= 0.3 is 0 Å². The van der Waals surface area contributed by atoms with Gasteiger partial charge in [0.25, 0.3) is 0 Å². The monoisotopic (exact) mass is 267 g/mol. The maximum absolute atomic E-state index is 12.5. The molecule has 1 saturated carbocycles. The van der Waals surface area contributed by atoms with Gasteiger partial charge in [-0.2, -0.15) is 0 Å². The molecule has 0 radical (unpaired) electrons. The van der Waals surface area contributed by atoms with E-state index < -0.39 is 0 Å². The second-order valence-corrected chi connectivity index (χ2v) is 6.70. The number of aldehydes is 1. The van der Waals surface area contributed by atoms with Crippen molar-refractivity contribution >= 4 is 12.2 Å². The Kier molecular flexibility index (Phi) is 6.53. The number of nitrogens with zero attached hydrogens (tertiary/aromatic N) is 1. The third-order valence-corrected chi connectivity index (χ3v) is 3.89. The van der Waals surface area contributed by atoms with Crippen molar-refractivity contribution in [2.75, 3.05) is 6.54 Å². The highest BCUT2D eigenvalue weighted by Gasteiger charge is 2.32. The van der Waals surface area contributed by atoms with Crippen LogP contribution in [0.25, 0.3) is 0 Å². The molecule has 19 heavy (non-hydrogen) atoms. The Labute approximate surface area is 117 Å². The molecule has 0 atom stereocenters.